The van der Waals surface area contributed by atoms with Gasteiger partial charge in [-0.05, 0) is 30.6 Å². The Morgan fingerprint density at radius 3 is 2.78 bits per heavy atom. The summed E-state index contributed by atoms with van der Waals surface area (Å²) in [5.41, 5.74) is 1.57. The van der Waals surface area contributed by atoms with E-state index in [0.717, 1.165) is 29.4 Å². The lowest BCUT2D eigenvalue weighted by Crippen LogP contribution is -2.22. The Morgan fingerprint density at radius 2 is 2.06 bits per heavy atom. The number of carbonyl (C=O) groups excluding carboxylic acids is 2. The quantitative estimate of drug-likeness (QED) is 0.431. The number of hydrogen-bond acceptors (Lipinski definition) is 4. The number of Topliss-reactive ketones (excluding diaryl/α,β-unsaturated/α-hetero) is 1. The van der Waals surface area contributed by atoms with E-state index in [1.165, 1.54) is 6.07 Å². The van der Waals surface area contributed by atoms with Crippen LogP contribution in [0.15, 0.2) is 6.07 Å². The average Bonchev–Trinajstić information content (AvgIpc) is 2.69. The Kier molecular flexibility index (Phi) is 2.33. The monoisotopic (exact) mass is 248 g/mol. The van der Waals surface area contributed by atoms with Gasteiger partial charge in [-0.1, -0.05) is 0 Å². The van der Waals surface area contributed by atoms with Gasteiger partial charge in [-0.2, -0.15) is 4.57 Å². The lowest BCUT2D eigenvalue weighted by molar-refractivity contribution is -0.390. The summed E-state index contributed by atoms with van der Waals surface area (Å²) in [5, 5.41) is 11.0. The molecule has 0 amide bonds. The van der Waals surface area contributed by atoms with Crippen LogP contribution >= 0.6 is 0 Å². The maximum absolute atomic E-state index is 12.0. The second kappa shape index (κ2) is 3.76. The zero-order chi connectivity index (χ0) is 12.9. The summed E-state index contributed by atoms with van der Waals surface area (Å²) in [6.07, 6.45) is 3.43. The van der Waals surface area contributed by atoms with Crippen LogP contribution < -0.4 is 0 Å². The van der Waals surface area contributed by atoms with Crippen molar-refractivity contribution in [3.8, 4) is 0 Å². The van der Waals surface area contributed by atoms with Crippen molar-refractivity contribution in [1.29, 1.82) is 0 Å². The first-order valence-electron chi connectivity index (χ1n) is 6.06. The fourth-order valence-electron chi connectivity index (χ4n) is 3.05. The third-order valence-corrected chi connectivity index (χ3v) is 3.84. The zero-order valence-electron chi connectivity index (χ0n) is 9.72. The van der Waals surface area contributed by atoms with Gasteiger partial charge in [0.1, 0.15) is 5.69 Å². The van der Waals surface area contributed by atoms with Gasteiger partial charge in [0.25, 0.3) is 0 Å². The first-order chi connectivity index (χ1) is 8.59. The number of nitro groups is 1. The van der Waals surface area contributed by atoms with E-state index in [1.54, 1.807) is 0 Å². The van der Waals surface area contributed by atoms with E-state index in [2.05, 4.69) is 0 Å². The predicted octanol–water partition coefficient (Wildman–Crippen LogP) is 1.82. The van der Waals surface area contributed by atoms with E-state index >= 15 is 0 Å². The summed E-state index contributed by atoms with van der Waals surface area (Å²) in [6, 6.07) is 1.46. The number of hydrogen-bond donors (Lipinski definition) is 0. The molecule has 3 rings (SSSR count). The maximum atomic E-state index is 12.0. The molecule has 0 N–H and O–H groups in total. The van der Waals surface area contributed by atoms with Crippen LogP contribution in [-0.4, -0.2) is 21.2 Å². The molecule has 18 heavy (non-hydrogen) atoms. The molecule has 1 aromatic heterocycles. The summed E-state index contributed by atoms with van der Waals surface area (Å²) in [6.45, 7) is 0. The van der Waals surface area contributed by atoms with Gasteiger partial charge in [-0.3, -0.25) is 4.79 Å². The minimum absolute atomic E-state index is 0.109. The fraction of sp³-hybridized carbons (Fsp3) is 0.500. The Hall–Kier alpha value is -1.98. The molecule has 0 saturated carbocycles. The van der Waals surface area contributed by atoms with Crippen molar-refractivity contribution in [3.05, 3.63) is 27.4 Å². The Balaban J connectivity index is 2.28. The van der Waals surface area contributed by atoms with Crippen molar-refractivity contribution in [2.24, 2.45) is 0 Å². The van der Waals surface area contributed by atoms with E-state index in [4.69, 9.17) is 0 Å². The number of aryl methyl sites for hydroxylation is 1. The smallest absolute Gasteiger partial charge is 0.358 e. The first-order valence-corrected chi connectivity index (χ1v) is 6.06. The summed E-state index contributed by atoms with van der Waals surface area (Å²) in [7, 11) is 0. The van der Waals surface area contributed by atoms with Crippen LogP contribution in [0.5, 0.6) is 0 Å². The summed E-state index contributed by atoms with van der Waals surface area (Å²) in [4.78, 5) is 34.1. The van der Waals surface area contributed by atoms with Gasteiger partial charge >= 0.3 is 11.7 Å². The van der Waals surface area contributed by atoms with E-state index < -0.39 is 16.6 Å². The molecule has 94 valence electrons. The van der Waals surface area contributed by atoms with Gasteiger partial charge in [0, 0.05) is 24.0 Å². The van der Waals surface area contributed by atoms with E-state index in [-0.39, 0.29) is 18.2 Å². The fourth-order valence-corrected chi connectivity index (χ4v) is 3.05. The maximum Gasteiger partial charge on any atom is 0.382 e. The van der Waals surface area contributed by atoms with Crippen molar-refractivity contribution in [1.82, 2.24) is 4.57 Å². The van der Waals surface area contributed by atoms with Crippen LogP contribution in [0.3, 0.4) is 0 Å². The molecule has 1 atom stereocenters. The minimum atomic E-state index is -0.743. The van der Waals surface area contributed by atoms with Crippen LogP contribution in [-0.2, 0) is 11.2 Å². The molecule has 1 unspecified atom stereocenters. The normalized spacial score (nSPS) is 22.6. The summed E-state index contributed by atoms with van der Waals surface area (Å²) < 4.78 is 1.05. The predicted molar refractivity (Wildman–Crippen MR) is 61.6 cm³/mol. The van der Waals surface area contributed by atoms with Crippen LogP contribution in [0, 0.1) is 10.1 Å². The topological polar surface area (TPSA) is 82.2 Å². The molecule has 1 aliphatic carbocycles. The van der Waals surface area contributed by atoms with Gasteiger partial charge in [0.05, 0.1) is 0 Å². The van der Waals surface area contributed by atoms with Crippen LogP contribution in [0.1, 0.15) is 47.7 Å². The van der Waals surface area contributed by atoms with E-state index in [1.807, 2.05) is 0 Å². The molecule has 2 aliphatic rings. The molecule has 0 saturated heterocycles. The van der Waals surface area contributed by atoms with Crippen molar-refractivity contribution in [2.45, 2.75) is 38.0 Å². The third-order valence-electron chi connectivity index (χ3n) is 3.84. The average molecular weight is 248 g/mol. The van der Waals surface area contributed by atoms with Crippen molar-refractivity contribution in [3.63, 3.8) is 0 Å². The number of rotatable bonds is 1. The standard InChI is InChI=1S/C12H12N2O4/c15-9-5-4-7-2-1-3-8-6-10(14(17)18)13(11(7)8)12(9)16/h6-7H,1-5H2. The number of aromatic nitrogens is 1. The van der Waals surface area contributed by atoms with Crippen molar-refractivity contribution < 1.29 is 14.5 Å². The molecular formula is C12H12N2O4. The highest BCUT2D eigenvalue weighted by molar-refractivity contribution is 6.37. The molecular weight excluding hydrogens is 236 g/mol. The molecule has 0 aromatic carbocycles. The second-order valence-corrected chi connectivity index (χ2v) is 4.86. The first kappa shape index (κ1) is 11.1. The molecule has 2 heterocycles. The summed E-state index contributed by atoms with van der Waals surface area (Å²) >= 11 is 0. The van der Waals surface area contributed by atoms with Crippen molar-refractivity contribution >= 4 is 17.5 Å². The molecule has 0 radical (unpaired) electrons. The Labute approximate surface area is 103 Å². The lowest BCUT2D eigenvalue weighted by Gasteiger charge is -2.18. The van der Waals surface area contributed by atoms with Gasteiger partial charge in [-0.15, -0.1) is 0 Å². The molecule has 1 aliphatic heterocycles. The van der Waals surface area contributed by atoms with E-state index in [0.29, 0.717) is 12.1 Å². The van der Waals surface area contributed by atoms with Crippen LogP contribution in [0.2, 0.25) is 0 Å². The molecule has 0 spiro atoms. The zero-order valence-corrected chi connectivity index (χ0v) is 9.72. The van der Waals surface area contributed by atoms with Gasteiger partial charge in [0.15, 0.2) is 0 Å². The molecule has 0 fully saturated rings. The lowest BCUT2D eigenvalue weighted by atomic mass is 9.85. The summed E-state index contributed by atoms with van der Waals surface area (Å²) in [5.74, 6) is -1.41. The third kappa shape index (κ3) is 1.41. The highest BCUT2D eigenvalue weighted by atomic mass is 16.6. The molecule has 0 bridgehead atoms. The van der Waals surface area contributed by atoms with Crippen molar-refractivity contribution in [2.75, 3.05) is 0 Å². The highest BCUT2D eigenvalue weighted by Gasteiger charge is 2.40. The van der Waals surface area contributed by atoms with Crippen LogP contribution in [0.4, 0.5) is 5.82 Å². The Morgan fingerprint density at radius 1 is 1.28 bits per heavy atom. The second-order valence-electron chi connectivity index (χ2n) is 4.86. The Bertz CT molecular complexity index is 573. The van der Waals surface area contributed by atoms with E-state index in [9.17, 15) is 19.7 Å². The van der Waals surface area contributed by atoms with Gasteiger partial charge < -0.3 is 10.1 Å². The molecule has 6 nitrogen and oxygen atoms in total. The number of carbonyl (C=O) groups is 2. The minimum Gasteiger partial charge on any atom is -0.358 e. The number of ketones is 1. The van der Waals surface area contributed by atoms with Gasteiger partial charge in [-0.25, -0.2) is 4.79 Å². The van der Waals surface area contributed by atoms with Gasteiger partial charge in [0.2, 0.25) is 5.78 Å². The highest BCUT2D eigenvalue weighted by Crippen LogP contribution is 2.40. The number of nitrogens with zero attached hydrogens (tertiary/aromatic N) is 2. The van der Waals surface area contributed by atoms with Crippen LogP contribution in [0.25, 0.3) is 0 Å². The molecule has 1 aromatic rings. The molecule has 6 heteroatoms. The largest absolute Gasteiger partial charge is 0.382 e. The SMILES string of the molecule is O=C1CCC2CCCc3cc([N+](=O)[O-])n(c32)C1=O.